The zero-order valence-electron chi connectivity index (χ0n) is 15.1. The summed E-state index contributed by atoms with van der Waals surface area (Å²) in [7, 11) is 0. The van der Waals surface area contributed by atoms with Crippen molar-refractivity contribution in [2.75, 3.05) is 4.90 Å². The van der Waals surface area contributed by atoms with Crippen molar-refractivity contribution in [3.63, 3.8) is 0 Å². The van der Waals surface area contributed by atoms with E-state index in [1.807, 2.05) is 18.2 Å². The van der Waals surface area contributed by atoms with Gasteiger partial charge in [-0.2, -0.15) is 0 Å². The maximum atomic E-state index is 13.3. The monoisotopic (exact) mass is 450 g/mol. The molecule has 4 aromatic rings. The second kappa shape index (κ2) is 7.87. The minimum atomic E-state index is -0.255. The van der Waals surface area contributed by atoms with Crippen LogP contribution in [0, 0.1) is 0 Å². The van der Waals surface area contributed by atoms with Gasteiger partial charge >= 0.3 is 0 Å². The number of rotatable bonds is 5. The third-order valence-electron chi connectivity index (χ3n) is 4.32. The van der Waals surface area contributed by atoms with Gasteiger partial charge in [0.05, 0.1) is 32.9 Å². The number of carbonyl (C=O) groups excluding carboxylic acids is 1. The Balaban J connectivity index is 1.81. The summed E-state index contributed by atoms with van der Waals surface area (Å²) < 4.78 is 7.34. The number of hydrogen-bond acceptors (Lipinski definition) is 5. The number of nitrogens with zero attached hydrogens (tertiary/aromatic N) is 2. The van der Waals surface area contributed by atoms with Gasteiger partial charge < -0.3 is 4.42 Å². The number of amides is 1. The maximum Gasteiger partial charge on any atom is 0.262 e. The number of para-hydroxylation sites is 1. The Morgan fingerprint density at radius 2 is 2.04 bits per heavy atom. The Labute approximate surface area is 180 Å². The lowest BCUT2D eigenvalue weighted by Crippen LogP contribution is -2.30. The second-order valence-electron chi connectivity index (χ2n) is 6.55. The molecule has 0 aliphatic rings. The van der Waals surface area contributed by atoms with Crippen molar-refractivity contribution >= 4 is 67.1 Å². The van der Waals surface area contributed by atoms with Crippen molar-refractivity contribution in [2.45, 2.75) is 26.3 Å². The fourth-order valence-electron chi connectivity index (χ4n) is 2.96. The predicted molar refractivity (Wildman–Crippen MR) is 117 cm³/mol. The maximum absolute atomic E-state index is 13.3. The molecule has 1 amide bonds. The minimum absolute atomic E-state index is 0.255. The van der Waals surface area contributed by atoms with Gasteiger partial charge in [0.15, 0.2) is 5.13 Å². The van der Waals surface area contributed by atoms with Gasteiger partial charge in [0, 0.05) is 0 Å². The lowest BCUT2D eigenvalue weighted by molar-refractivity contribution is 0.0984. The second-order valence-corrected chi connectivity index (χ2v) is 9.85. The van der Waals surface area contributed by atoms with E-state index in [1.165, 1.54) is 22.7 Å². The van der Waals surface area contributed by atoms with Crippen LogP contribution in [-0.4, -0.2) is 10.9 Å². The van der Waals surface area contributed by atoms with E-state index < -0.39 is 0 Å². The van der Waals surface area contributed by atoms with Crippen molar-refractivity contribution in [3.05, 3.63) is 68.2 Å². The van der Waals surface area contributed by atoms with Crippen molar-refractivity contribution in [1.82, 2.24) is 4.98 Å². The van der Waals surface area contributed by atoms with E-state index in [2.05, 4.69) is 19.9 Å². The first-order chi connectivity index (χ1) is 13.4. The van der Waals surface area contributed by atoms with Crippen LogP contribution in [0.2, 0.25) is 8.67 Å². The number of carbonyl (C=O) groups is 1. The fourth-order valence-corrected chi connectivity index (χ4v) is 5.40. The molecule has 28 heavy (non-hydrogen) atoms. The van der Waals surface area contributed by atoms with Crippen molar-refractivity contribution < 1.29 is 9.21 Å². The molecule has 4 rings (SSSR count). The van der Waals surface area contributed by atoms with Gasteiger partial charge in [-0.15, -0.1) is 11.3 Å². The number of thiophene rings is 1. The molecule has 0 unspecified atom stereocenters. The van der Waals surface area contributed by atoms with Crippen LogP contribution < -0.4 is 4.90 Å². The zero-order valence-corrected chi connectivity index (χ0v) is 18.3. The van der Waals surface area contributed by atoms with E-state index in [0.29, 0.717) is 31.0 Å². The number of aromatic nitrogens is 1. The quantitative estimate of drug-likeness (QED) is 0.322. The Kier molecular flexibility index (Phi) is 5.47. The van der Waals surface area contributed by atoms with Crippen LogP contribution in [0.15, 0.2) is 47.1 Å². The molecule has 1 aromatic carbocycles. The van der Waals surface area contributed by atoms with Gasteiger partial charge in [-0.05, 0) is 35.7 Å². The largest absolute Gasteiger partial charge is 0.467 e. The first-order valence-corrected chi connectivity index (χ1v) is 11.0. The molecule has 0 aliphatic heterocycles. The summed E-state index contributed by atoms with van der Waals surface area (Å²) in [6, 6.07) is 11.3. The molecule has 0 aliphatic carbocycles. The van der Waals surface area contributed by atoms with Crippen LogP contribution >= 0.6 is 45.9 Å². The summed E-state index contributed by atoms with van der Waals surface area (Å²) in [6.07, 6.45) is 1.58. The third kappa shape index (κ3) is 3.70. The molecule has 144 valence electrons. The molecule has 8 heteroatoms. The number of furan rings is 1. The number of anilines is 1. The van der Waals surface area contributed by atoms with Gasteiger partial charge in [-0.1, -0.05) is 60.5 Å². The smallest absolute Gasteiger partial charge is 0.262 e. The third-order valence-corrected chi connectivity index (χ3v) is 6.85. The summed E-state index contributed by atoms with van der Waals surface area (Å²) in [4.78, 5) is 19.7. The van der Waals surface area contributed by atoms with Crippen molar-refractivity contribution in [1.29, 1.82) is 0 Å². The number of benzene rings is 1. The SMILES string of the molecule is CC(C)c1cccc2sc(N(Cc3ccco3)C(=O)c3cc(Cl)sc3Cl)nc12. The van der Waals surface area contributed by atoms with Gasteiger partial charge in [-0.25, -0.2) is 4.98 Å². The number of fused-ring (bicyclic) bond motifs is 1. The predicted octanol–water partition coefficient (Wildman–Crippen LogP) is 7.23. The Bertz CT molecular complexity index is 1130. The molecule has 0 N–H and O–H groups in total. The highest BCUT2D eigenvalue weighted by atomic mass is 35.5. The number of halogens is 2. The molecule has 3 heterocycles. The van der Waals surface area contributed by atoms with Crippen LogP contribution in [0.25, 0.3) is 10.2 Å². The van der Waals surface area contributed by atoms with Gasteiger partial charge in [0.25, 0.3) is 5.91 Å². The highest BCUT2D eigenvalue weighted by molar-refractivity contribution is 7.22. The van der Waals surface area contributed by atoms with E-state index in [9.17, 15) is 4.79 Å². The molecular weight excluding hydrogens is 435 g/mol. The zero-order chi connectivity index (χ0) is 19.8. The summed E-state index contributed by atoms with van der Waals surface area (Å²) in [5.74, 6) is 0.738. The van der Waals surface area contributed by atoms with Crippen molar-refractivity contribution in [3.8, 4) is 0 Å². The molecule has 0 saturated heterocycles. The molecule has 0 spiro atoms. The molecule has 0 atom stereocenters. The molecule has 0 fully saturated rings. The first-order valence-electron chi connectivity index (χ1n) is 8.62. The highest BCUT2D eigenvalue weighted by Gasteiger charge is 2.26. The molecule has 0 bridgehead atoms. The highest BCUT2D eigenvalue weighted by Crippen LogP contribution is 2.37. The Hall–Kier alpha value is -1.86. The molecule has 0 saturated carbocycles. The van der Waals surface area contributed by atoms with E-state index in [-0.39, 0.29) is 12.5 Å². The fraction of sp³-hybridized carbons (Fsp3) is 0.200. The van der Waals surface area contributed by atoms with Gasteiger partial charge in [-0.3, -0.25) is 9.69 Å². The molecular formula is C20H16Cl2N2O2S2. The Morgan fingerprint density at radius 1 is 1.21 bits per heavy atom. The van der Waals surface area contributed by atoms with Crippen LogP contribution in [0.5, 0.6) is 0 Å². The number of hydrogen-bond donors (Lipinski definition) is 0. The number of thiazole rings is 1. The van der Waals surface area contributed by atoms with Gasteiger partial charge in [0.1, 0.15) is 10.1 Å². The topological polar surface area (TPSA) is 46.3 Å². The average molecular weight is 451 g/mol. The molecule has 3 aromatic heterocycles. The normalized spacial score (nSPS) is 11.5. The molecule has 0 radical (unpaired) electrons. The van der Waals surface area contributed by atoms with Crippen molar-refractivity contribution in [2.24, 2.45) is 0 Å². The van der Waals surface area contributed by atoms with E-state index in [4.69, 9.17) is 32.6 Å². The van der Waals surface area contributed by atoms with Crippen LogP contribution in [0.3, 0.4) is 0 Å². The minimum Gasteiger partial charge on any atom is -0.467 e. The van der Waals surface area contributed by atoms with Gasteiger partial charge in [0.2, 0.25) is 0 Å². The van der Waals surface area contributed by atoms with E-state index in [0.717, 1.165) is 15.8 Å². The average Bonchev–Trinajstić information content (AvgIpc) is 3.37. The van der Waals surface area contributed by atoms with Crippen LogP contribution in [0.1, 0.15) is 41.4 Å². The lowest BCUT2D eigenvalue weighted by atomic mass is 10.0. The van der Waals surface area contributed by atoms with E-state index in [1.54, 1.807) is 23.3 Å². The summed E-state index contributed by atoms with van der Waals surface area (Å²) >= 11 is 14.9. The lowest BCUT2D eigenvalue weighted by Gasteiger charge is -2.18. The van der Waals surface area contributed by atoms with E-state index >= 15 is 0 Å². The summed E-state index contributed by atoms with van der Waals surface area (Å²) in [5, 5.41) is 0.600. The first kappa shape index (κ1) is 19.5. The summed E-state index contributed by atoms with van der Waals surface area (Å²) in [6.45, 7) is 4.52. The summed E-state index contributed by atoms with van der Waals surface area (Å²) in [5.41, 5.74) is 2.44. The standard InChI is InChI=1S/C20H16Cl2N2O2S2/c1-11(2)13-6-3-7-15-17(13)23-20(27-15)24(10-12-5-4-8-26-12)19(25)14-9-16(21)28-18(14)22/h3-9,11H,10H2,1-2H3. The van der Waals surface area contributed by atoms with Crippen LogP contribution in [0.4, 0.5) is 5.13 Å². The Morgan fingerprint density at radius 3 is 2.68 bits per heavy atom. The van der Waals surface area contributed by atoms with Crippen LogP contribution in [-0.2, 0) is 6.54 Å². The molecule has 4 nitrogen and oxygen atoms in total.